The molecule has 7 rings (SSSR count). The Morgan fingerprint density at radius 2 is 2.02 bits per heavy atom. The first-order valence-corrected chi connectivity index (χ1v) is 14.7. The summed E-state index contributed by atoms with van der Waals surface area (Å²) in [4.78, 5) is 11.8. The van der Waals surface area contributed by atoms with E-state index in [1.54, 1.807) is 9.80 Å². The van der Waals surface area contributed by atoms with Gasteiger partial charge in [0.1, 0.15) is 30.2 Å². The molecule has 3 aliphatic heterocycles. The molecule has 2 N–H and O–H groups in total. The number of hydrogen-bond acceptors (Lipinski definition) is 7. The molecule has 4 aliphatic rings. The van der Waals surface area contributed by atoms with Crippen molar-refractivity contribution in [2.24, 2.45) is 5.92 Å². The number of nitrogens with zero attached hydrogens (tertiary/aromatic N) is 4. The fourth-order valence-electron chi connectivity index (χ4n) is 7.15. The molecule has 0 spiro atoms. The molecule has 0 bridgehead atoms. The molecule has 1 aromatic heterocycles. The lowest BCUT2D eigenvalue weighted by molar-refractivity contribution is -0.137. The van der Waals surface area contributed by atoms with E-state index in [1.165, 1.54) is 13.0 Å². The topological polar surface area (TPSA) is 76.7 Å². The van der Waals surface area contributed by atoms with Gasteiger partial charge in [-0.05, 0) is 50.1 Å². The number of hydrogen-bond donors (Lipinski definition) is 1. The Morgan fingerprint density at radius 3 is 2.80 bits per heavy atom. The van der Waals surface area contributed by atoms with Crippen molar-refractivity contribution in [3.05, 3.63) is 40.2 Å². The largest absolute Gasteiger partial charge is 0.461 e. The fraction of sp³-hybridized carbons (Fsp3) is 0.533. The third-order valence-corrected chi connectivity index (χ3v) is 9.44. The molecule has 44 heavy (non-hydrogen) atoms. The second kappa shape index (κ2) is 10.5. The average Bonchev–Trinajstić information content (AvgIpc) is 3.30. The number of nitrogens with two attached hydrogens (primary N) is 1. The van der Waals surface area contributed by atoms with Crippen LogP contribution in [0.25, 0.3) is 22.0 Å². The predicted octanol–water partition coefficient (Wildman–Crippen LogP) is 6.13. The van der Waals surface area contributed by atoms with Crippen LogP contribution in [0.4, 0.5) is 37.8 Å². The molecule has 0 unspecified atom stereocenters. The summed E-state index contributed by atoms with van der Waals surface area (Å²) in [7, 11) is 0. The zero-order valence-corrected chi connectivity index (χ0v) is 24.3. The smallest absolute Gasteiger partial charge is 0.417 e. The van der Waals surface area contributed by atoms with Gasteiger partial charge in [0.15, 0.2) is 5.82 Å². The van der Waals surface area contributed by atoms with Gasteiger partial charge in [0.2, 0.25) is 0 Å². The van der Waals surface area contributed by atoms with E-state index in [9.17, 15) is 22.0 Å². The minimum atomic E-state index is -4.90. The highest BCUT2D eigenvalue weighted by molar-refractivity contribution is 6.34. The summed E-state index contributed by atoms with van der Waals surface area (Å²) >= 11 is 6.54. The molecule has 2 aromatic carbocycles. The molecule has 4 heterocycles. The Balaban J connectivity index is 1.43. The second-order valence-corrected chi connectivity index (χ2v) is 12.4. The lowest BCUT2D eigenvalue weighted by atomic mass is 9.93. The van der Waals surface area contributed by atoms with Crippen molar-refractivity contribution in [2.75, 3.05) is 50.0 Å². The highest BCUT2D eigenvalue weighted by atomic mass is 35.5. The molecule has 14 heteroatoms. The summed E-state index contributed by atoms with van der Waals surface area (Å²) in [6.45, 7) is -0.435. The predicted molar refractivity (Wildman–Crippen MR) is 153 cm³/mol. The Bertz CT molecular complexity index is 1730. The maximum Gasteiger partial charge on any atom is 0.417 e. The van der Waals surface area contributed by atoms with Crippen LogP contribution < -0.4 is 15.4 Å². The van der Waals surface area contributed by atoms with Crippen LogP contribution in [0.5, 0.6) is 6.01 Å². The van der Waals surface area contributed by atoms with Crippen molar-refractivity contribution in [3.8, 4) is 17.1 Å². The number of benzene rings is 2. The van der Waals surface area contributed by atoms with E-state index in [2.05, 4.69) is 9.97 Å². The number of anilines is 2. The summed E-state index contributed by atoms with van der Waals surface area (Å²) in [5.41, 5.74) is 1.35. The van der Waals surface area contributed by atoms with Crippen LogP contribution >= 0.6 is 11.6 Å². The molecule has 5 atom stereocenters. The quantitative estimate of drug-likeness (QED) is 0.265. The number of nitrogen functional groups attached to an aromatic ring is 1. The van der Waals surface area contributed by atoms with Crippen LogP contribution in [0.15, 0.2) is 18.2 Å². The lowest BCUT2D eigenvalue weighted by Crippen LogP contribution is -2.43. The van der Waals surface area contributed by atoms with Gasteiger partial charge in [-0.3, -0.25) is 4.90 Å². The van der Waals surface area contributed by atoms with E-state index in [0.717, 1.165) is 12.1 Å². The number of aromatic nitrogens is 2. The van der Waals surface area contributed by atoms with Crippen LogP contribution in [-0.4, -0.2) is 78.2 Å². The van der Waals surface area contributed by atoms with Gasteiger partial charge in [0.25, 0.3) is 0 Å². The van der Waals surface area contributed by atoms with Gasteiger partial charge < -0.3 is 20.1 Å². The van der Waals surface area contributed by atoms with E-state index in [4.69, 9.17) is 29.5 Å². The number of alkyl halides is 5. The standard InChI is InChI=1S/C30H30ClF6N5O2/c1-14-7-16(38)8-17(22(14)30(35,36)37)21-20(31)9-18-25(24(21)34)39-28(44-13-29-3-2-4-41(29)11-15(32)10-29)40-27(18)42-5-6-43-12-19-23(33)26(19)42/h7-9,15,19,23,26H,2-6,10-13,38H2,1H3/t15-,19+,23+,26+,29+/m1/s1/i13D2. The zero-order chi connectivity index (χ0) is 32.9. The molecule has 3 saturated heterocycles. The van der Waals surface area contributed by atoms with Gasteiger partial charge in [-0.25, -0.2) is 13.2 Å². The maximum absolute atomic E-state index is 16.7. The van der Waals surface area contributed by atoms with Gasteiger partial charge in [-0.2, -0.15) is 23.1 Å². The van der Waals surface area contributed by atoms with Crippen LogP contribution in [-0.2, 0) is 10.9 Å². The molecule has 3 aromatic rings. The normalized spacial score (nSPS) is 29.7. The molecule has 4 fully saturated rings. The molecule has 1 saturated carbocycles. The highest BCUT2D eigenvalue weighted by Crippen LogP contribution is 2.48. The number of ether oxygens (including phenoxy) is 2. The molecule has 1 aliphatic carbocycles. The van der Waals surface area contributed by atoms with E-state index < -0.39 is 81.6 Å². The van der Waals surface area contributed by atoms with Crippen LogP contribution in [0, 0.1) is 18.7 Å². The summed E-state index contributed by atoms with van der Waals surface area (Å²) < 4.78 is 118. The highest BCUT2D eigenvalue weighted by Gasteiger charge is 2.56. The molecule has 0 amide bonds. The molecule has 0 radical (unpaired) electrons. The number of rotatable bonds is 5. The fourth-order valence-corrected chi connectivity index (χ4v) is 7.44. The van der Waals surface area contributed by atoms with E-state index in [1.807, 2.05) is 0 Å². The van der Waals surface area contributed by atoms with Crippen molar-refractivity contribution in [2.45, 2.75) is 56.3 Å². The number of aryl methyl sites for hydroxylation is 1. The van der Waals surface area contributed by atoms with Crippen molar-refractivity contribution in [3.63, 3.8) is 0 Å². The van der Waals surface area contributed by atoms with Crippen molar-refractivity contribution < 1.29 is 38.6 Å². The molecular weight excluding hydrogens is 612 g/mol. The van der Waals surface area contributed by atoms with Gasteiger partial charge in [0.05, 0.1) is 38.1 Å². The van der Waals surface area contributed by atoms with E-state index >= 15 is 4.39 Å². The Morgan fingerprint density at radius 1 is 1.23 bits per heavy atom. The summed E-state index contributed by atoms with van der Waals surface area (Å²) in [6.07, 6.45) is -6.72. The molecule has 236 valence electrons. The third-order valence-electron chi connectivity index (χ3n) is 9.14. The van der Waals surface area contributed by atoms with Gasteiger partial charge >= 0.3 is 12.2 Å². The van der Waals surface area contributed by atoms with Gasteiger partial charge in [-0.15, -0.1) is 0 Å². The summed E-state index contributed by atoms with van der Waals surface area (Å²) in [6, 6.07) is 1.96. The average molecular weight is 644 g/mol. The van der Waals surface area contributed by atoms with Gasteiger partial charge in [-0.1, -0.05) is 11.6 Å². The first-order chi connectivity index (χ1) is 21.6. The Hall–Kier alpha value is -3.03. The summed E-state index contributed by atoms with van der Waals surface area (Å²) in [5.74, 6) is -1.80. The maximum atomic E-state index is 16.7. The van der Waals surface area contributed by atoms with E-state index in [0.29, 0.717) is 19.4 Å². The van der Waals surface area contributed by atoms with Crippen molar-refractivity contribution in [1.82, 2.24) is 14.9 Å². The molecular formula is C30H30ClF6N5O2. The summed E-state index contributed by atoms with van der Waals surface area (Å²) in [5, 5.41) is -0.441. The zero-order valence-electron chi connectivity index (χ0n) is 25.5. The second-order valence-electron chi connectivity index (χ2n) is 12.0. The minimum absolute atomic E-state index is 0.0269. The van der Waals surface area contributed by atoms with E-state index in [-0.39, 0.29) is 55.2 Å². The first kappa shape index (κ1) is 27.3. The van der Waals surface area contributed by atoms with Crippen LogP contribution in [0.3, 0.4) is 0 Å². The number of fused-ring (bicyclic) bond motifs is 3. The lowest BCUT2D eigenvalue weighted by Gasteiger charge is -2.31. The van der Waals surface area contributed by atoms with Crippen LogP contribution in [0.1, 0.15) is 33.1 Å². The Labute approximate surface area is 257 Å². The first-order valence-electron chi connectivity index (χ1n) is 15.4. The molecule has 7 nitrogen and oxygen atoms in total. The van der Waals surface area contributed by atoms with Crippen molar-refractivity contribution >= 4 is 34.0 Å². The SMILES string of the molecule is [2H]C([2H])(Oc1nc(N2CCOC[C@H]3[C@H](F)[C@H]32)c2cc(Cl)c(-c3cc(N)cc(C)c3C(F)(F)F)c(F)c2n1)[C@@]12CCCN1C[C@H](F)C2. The van der Waals surface area contributed by atoms with Crippen LogP contribution in [0.2, 0.25) is 5.02 Å². The van der Waals surface area contributed by atoms with Crippen molar-refractivity contribution in [1.29, 1.82) is 0 Å². The third kappa shape index (κ3) is 4.82. The minimum Gasteiger partial charge on any atom is -0.461 e. The van der Waals surface area contributed by atoms with Gasteiger partial charge in [0, 0.05) is 47.6 Å². The number of halogens is 7. The Kier molecular flexibility index (Phi) is 6.52. The monoisotopic (exact) mass is 643 g/mol.